The monoisotopic (exact) mass is 404 g/mol. The number of benzene rings is 2. The Labute approximate surface area is 166 Å². The van der Waals surface area contributed by atoms with E-state index in [2.05, 4.69) is 4.99 Å². The number of halogens is 2. The van der Waals surface area contributed by atoms with Gasteiger partial charge in [0.05, 0.1) is 18.1 Å². The van der Waals surface area contributed by atoms with Crippen LogP contribution in [0.1, 0.15) is 18.1 Å². The first kappa shape index (κ1) is 19.2. The summed E-state index contributed by atoms with van der Waals surface area (Å²) in [6.45, 7) is 1.56. The summed E-state index contributed by atoms with van der Waals surface area (Å²) in [5.74, 6) is -0.333. The quantitative estimate of drug-likeness (QED) is 0.785. The van der Waals surface area contributed by atoms with Gasteiger partial charge in [-0.1, -0.05) is 41.4 Å². The molecule has 0 unspecified atom stereocenters. The Morgan fingerprint density at radius 3 is 2.63 bits per heavy atom. The van der Waals surface area contributed by atoms with Gasteiger partial charge in [-0.05, 0) is 31.2 Å². The Kier molecular flexibility index (Phi) is 5.68. The van der Waals surface area contributed by atoms with Crippen LogP contribution in [0.4, 0.5) is 10.5 Å². The van der Waals surface area contributed by atoms with E-state index >= 15 is 0 Å². The number of fused-ring (bicyclic) bond motifs is 1. The molecule has 1 aliphatic heterocycles. The maximum atomic E-state index is 12.7. The van der Waals surface area contributed by atoms with E-state index in [9.17, 15) is 14.7 Å². The van der Waals surface area contributed by atoms with Crippen LogP contribution in [0.15, 0.2) is 47.5 Å². The van der Waals surface area contributed by atoms with Crippen molar-refractivity contribution >= 4 is 46.6 Å². The fraction of sp³-hybridized carbons (Fsp3) is 0.211. The lowest BCUT2D eigenvalue weighted by Crippen LogP contribution is -2.49. The van der Waals surface area contributed by atoms with Crippen molar-refractivity contribution < 1.29 is 14.7 Å². The number of hydrogen-bond acceptors (Lipinski definition) is 4. The molecule has 140 valence electrons. The summed E-state index contributed by atoms with van der Waals surface area (Å²) < 4.78 is 0. The molecule has 0 atom stereocenters. The minimum absolute atomic E-state index is 0.141. The van der Waals surface area contributed by atoms with Crippen molar-refractivity contribution in [3.8, 4) is 0 Å². The van der Waals surface area contributed by atoms with Crippen molar-refractivity contribution in [2.45, 2.75) is 6.92 Å². The highest BCUT2D eigenvalue weighted by molar-refractivity contribution is 6.37. The van der Waals surface area contributed by atoms with Crippen LogP contribution in [0.25, 0.3) is 0 Å². The number of aliphatic imine (C=N–C) groups is 1. The zero-order valence-corrected chi connectivity index (χ0v) is 16.0. The van der Waals surface area contributed by atoms with Crippen molar-refractivity contribution in [2.75, 3.05) is 24.7 Å². The third kappa shape index (κ3) is 3.91. The molecule has 0 N–H and O–H groups in total. The SMILES string of the molecule is CCN(CN1C(=O)CN=C(c2ccccc2Cl)c2cc(Cl)ccc21)C(=O)[O-]. The highest BCUT2D eigenvalue weighted by Crippen LogP contribution is 2.31. The molecule has 2 aromatic rings. The molecule has 0 aliphatic carbocycles. The van der Waals surface area contributed by atoms with Gasteiger partial charge in [-0.25, -0.2) is 0 Å². The zero-order chi connectivity index (χ0) is 19.6. The molecule has 0 radical (unpaired) electrons. The van der Waals surface area contributed by atoms with Crippen LogP contribution in [-0.2, 0) is 4.79 Å². The standard InChI is InChI=1S/C19H17Cl2N3O3/c1-2-23(19(26)27)11-24-16-8-7-12(20)9-14(16)18(22-10-17(24)25)13-5-3-4-6-15(13)21/h3-9H,2,10-11H2,1H3,(H,26,27)/p-1. The number of nitrogens with zero attached hydrogens (tertiary/aromatic N) is 3. The third-order valence-corrected chi connectivity index (χ3v) is 4.82. The summed E-state index contributed by atoms with van der Waals surface area (Å²) in [7, 11) is 0. The predicted octanol–water partition coefficient (Wildman–Crippen LogP) is 2.80. The Morgan fingerprint density at radius 2 is 1.96 bits per heavy atom. The summed E-state index contributed by atoms with van der Waals surface area (Å²) in [4.78, 5) is 30.9. The minimum Gasteiger partial charge on any atom is -0.530 e. The van der Waals surface area contributed by atoms with Crippen molar-refractivity contribution in [1.82, 2.24) is 4.90 Å². The van der Waals surface area contributed by atoms with Crippen molar-refractivity contribution in [3.63, 3.8) is 0 Å². The first-order valence-corrected chi connectivity index (χ1v) is 9.03. The average molecular weight is 405 g/mol. The van der Waals surface area contributed by atoms with Gasteiger partial charge in [0.1, 0.15) is 12.6 Å². The van der Waals surface area contributed by atoms with Crippen molar-refractivity contribution in [3.05, 3.63) is 63.6 Å². The lowest BCUT2D eigenvalue weighted by molar-refractivity contribution is -0.265. The molecule has 27 heavy (non-hydrogen) atoms. The van der Waals surface area contributed by atoms with Gasteiger partial charge in [0, 0.05) is 27.7 Å². The largest absolute Gasteiger partial charge is 0.530 e. The maximum absolute atomic E-state index is 12.7. The molecular formula is C19H16Cl2N3O3-. The number of hydrogen-bond donors (Lipinski definition) is 0. The number of benzodiazepines with no additional fused rings is 1. The molecule has 0 aromatic heterocycles. The molecule has 0 saturated heterocycles. The molecule has 0 bridgehead atoms. The number of carboxylic acid groups (broad SMARTS) is 1. The predicted molar refractivity (Wildman–Crippen MR) is 104 cm³/mol. The highest BCUT2D eigenvalue weighted by Gasteiger charge is 2.27. The summed E-state index contributed by atoms with van der Waals surface area (Å²) in [5.41, 5.74) is 2.33. The fourth-order valence-electron chi connectivity index (χ4n) is 2.88. The van der Waals surface area contributed by atoms with Crippen LogP contribution in [0.2, 0.25) is 10.0 Å². The first-order chi connectivity index (χ1) is 12.9. The van der Waals surface area contributed by atoms with Crippen LogP contribution in [0, 0.1) is 0 Å². The molecule has 1 aliphatic rings. The minimum atomic E-state index is -1.35. The van der Waals surface area contributed by atoms with Crippen LogP contribution in [-0.4, -0.2) is 42.4 Å². The van der Waals surface area contributed by atoms with E-state index < -0.39 is 6.09 Å². The summed E-state index contributed by atoms with van der Waals surface area (Å²) in [6.07, 6.45) is -1.35. The van der Waals surface area contributed by atoms with Gasteiger partial charge in [0.15, 0.2) is 0 Å². The molecule has 0 saturated carbocycles. The average Bonchev–Trinajstić information content (AvgIpc) is 2.76. The van der Waals surface area contributed by atoms with Crippen LogP contribution in [0.3, 0.4) is 0 Å². The van der Waals surface area contributed by atoms with Crippen LogP contribution >= 0.6 is 23.2 Å². The van der Waals surface area contributed by atoms with E-state index in [1.807, 2.05) is 12.1 Å². The number of anilines is 1. The van der Waals surface area contributed by atoms with Gasteiger partial charge in [-0.3, -0.25) is 14.7 Å². The fourth-order valence-corrected chi connectivity index (χ4v) is 3.28. The van der Waals surface area contributed by atoms with Gasteiger partial charge < -0.3 is 14.8 Å². The number of carbonyl (C=O) groups excluding carboxylic acids is 2. The Bertz CT molecular complexity index is 930. The molecule has 0 fully saturated rings. The maximum Gasteiger partial charge on any atom is 0.250 e. The second-order valence-electron chi connectivity index (χ2n) is 5.89. The van der Waals surface area contributed by atoms with Crippen molar-refractivity contribution in [2.24, 2.45) is 4.99 Å². The van der Waals surface area contributed by atoms with Gasteiger partial charge in [0.25, 0.3) is 0 Å². The van der Waals surface area contributed by atoms with Crippen molar-refractivity contribution in [1.29, 1.82) is 0 Å². The summed E-state index contributed by atoms with van der Waals surface area (Å²) >= 11 is 12.5. The molecule has 8 heteroatoms. The summed E-state index contributed by atoms with van der Waals surface area (Å²) in [5, 5.41) is 12.3. The van der Waals surface area contributed by atoms with E-state index in [0.29, 0.717) is 32.6 Å². The lowest BCUT2D eigenvalue weighted by Gasteiger charge is -2.31. The first-order valence-electron chi connectivity index (χ1n) is 8.28. The van der Waals surface area contributed by atoms with E-state index in [1.165, 1.54) is 4.90 Å². The highest BCUT2D eigenvalue weighted by atomic mass is 35.5. The molecular weight excluding hydrogens is 389 g/mol. The second-order valence-corrected chi connectivity index (χ2v) is 6.73. The smallest absolute Gasteiger partial charge is 0.250 e. The van der Waals surface area contributed by atoms with E-state index in [0.717, 1.165) is 4.90 Å². The van der Waals surface area contributed by atoms with Crippen LogP contribution < -0.4 is 10.0 Å². The Morgan fingerprint density at radius 1 is 1.22 bits per heavy atom. The topological polar surface area (TPSA) is 76.0 Å². The van der Waals surface area contributed by atoms with E-state index in [1.54, 1.807) is 37.3 Å². The van der Waals surface area contributed by atoms with E-state index in [4.69, 9.17) is 23.2 Å². The zero-order valence-electron chi connectivity index (χ0n) is 14.5. The van der Waals surface area contributed by atoms with Gasteiger partial charge >= 0.3 is 0 Å². The number of carbonyl (C=O) groups is 2. The Hall–Kier alpha value is -2.57. The third-order valence-electron chi connectivity index (χ3n) is 4.26. The second kappa shape index (κ2) is 7.98. The lowest BCUT2D eigenvalue weighted by atomic mass is 10.00. The van der Waals surface area contributed by atoms with Gasteiger partial charge in [-0.2, -0.15) is 0 Å². The number of rotatable bonds is 4. The normalized spacial score (nSPS) is 13.7. The molecule has 1 heterocycles. The summed E-state index contributed by atoms with van der Waals surface area (Å²) in [6, 6.07) is 12.2. The van der Waals surface area contributed by atoms with E-state index in [-0.39, 0.29) is 25.7 Å². The molecule has 2 amide bonds. The molecule has 2 aromatic carbocycles. The molecule has 0 spiro atoms. The molecule has 6 nitrogen and oxygen atoms in total. The number of amides is 2. The van der Waals surface area contributed by atoms with Crippen LogP contribution in [0.5, 0.6) is 0 Å². The Balaban J connectivity index is 2.14. The molecule has 3 rings (SSSR count). The van der Waals surface area contributed by atoms with Gasteiger partial charge in [0.2, 0.25) is 5.91 Å². The van der Waals surface area contributed by atoms with Gasteiger partial charge in [-0.15, -0.1) is 0 Å².